The molecule has 0 aromatic heterocycles. The van der Waals surface area contributed by atoms with Gasteiger partial charge in [-0.3, -0.25) is 0 Å². The van der Waals surface area contributed by atoms with E-state index in [1.54, 1.807) is 0 Å². The van der Waals surface area contributed by atoms with Crippen LogP contribution in [-0.2, 0) is 0 Å². The Labute approximate surface area is 64.4 Å². The van der Waals surface area contributed by atoms with Gasteiger partial charge in [-0.1, -0.05) is 0 Å². The third-order valence-corrected chi connectivity index (χ3v) is 1.54. The first-order valence-corrected chi connectivity index (χ1v) is 3.57. The molecule has 4 heteroatoms. The van der Waals surface area contributed by atoms with Crippen molar-refractivity contribution < 1.29 is 10.2 Å². The summed E-state index contributed by atoms with van der Waals surface area (Å²) < 4.78 is 0. The van der Waals surface area contributed by atoms with Crippen molar-refractivity contribution in [2.24, 2.45) is 0 Å². The molecule has 2 N–H and O–H groups in total. The molecule has 2 nitrogen and oxygen atoms in total. The van der Waals surface area contributed by atoms with Gasteiger partial charge in [0.2, 0.25) is 0 Å². The van der Waals surface area contributed by atoms with Crippen molar-refractivity contribution in [2.45, 2.75) is 17.2 Å². The molecule has 0 aromatic rings. The highest BCUT2D eigenvalue weighted by atomic mass is 35.5. The van der Waals surface area contributed by atoms with Gasteiger partial charge < -0.3 is 10.2 Å². The van der Waals surface area contributed by atoms with Crippen LogP contribution < -0.4 is 0 Å². The van der Waals surface area contributed by atoms with Gasteiger partial charge in [0.1, 0.15) is 0 Å². The van der Waals surface area contributed by atoms with Crippen molar-refractivity contribution in [3.63, 3.8) is 0 Å². The monoisotopic (exact) mass is 172 g/mol. The maximum absolute atomic E-state index is 8.41. The number of hydrogen-bond donors (Lipinski definition) is 2. The Hall–Kier alpha value is 0.500. The molecule has 0 unspecified atom stereocenters. The molecule has 0 fully saturated rings. The number of aliphatic hydroxyl groups excluding tert-OH is 2. The van der Waals surface area contributed by atoms with Crippen molar-refractivity contribution >= 4 is 23.2 Å². The summed E-state index contributed by atoms with van der Waals surface area (Å²) in [4.78, 5) is 0. The largest absolute Gasteiger partial charge is 0.395 e. The van der Waals surface area contributed by atoms with Crippen LogP contribution in [0.3, 0.4) is 0 Å². The molecule has 0 aliphatic carbocycles. The molecule has 2 atom stereocenters. The fourth-order valence-electron chi connectivity index (χ4n) is 0.427. The zero-order chi connectivity index (χ0) is 7.28. The van der Waals surface area contributed by atoms with Crippen molar-refractivity contribution in [1.82, 2.24) is 0 Å². The SMILES string of the molecule is OC[C@@H](Cl)C[C@H](Cl)CO. The van der Waals surface area contributed by atoms with E-state index in [0.29, 0.717) is 6.42 Å². The molecule has 0 saturated carbocycles. The predicted octanol–water partition coefficient (Wildman–Crippen LogP) is 0.576. The van der Waals surface area contributed by atoms with E-state index < -0.39 is 0 Å². The lowest BCUT2D eigenvalue weighted by Gasteiger charge is -2.07. The summed E-state index contributed by atoms with van der Waals surface area (Å²) in [5.74, 6) is 0. The zero-order valence-corrected chi connectivity index (χ0v) is 6.44. The average molecular weight is 173 g/mol. The third kappa shape index (κ3) is 4.97. The minimum Gasteiger partial charge on any atom is -0.395 e. The molecule has 0 radical (unpaired) electrons. The molecule has 9 heavy (non-hydrogen) atoms. The van der Waals surface area contributed by atoms with Crippen LogP contribution in [0.1, 0.15) is 6.42 Å². The molecular weight excluding hydrogens is 163 g/mol. The highest BCUT2D eigenvalue weighted by molar-refractivity contribution is 6.23. The van der Waals surface area contributed by atoms with E-state index >= 15 is 0 Å². The summed E-state index contributed by atoms with van der Waals surface area (Å²) >= 11 is 11.0. The molecule has 0 spiro atoms. The van der Waals surface area contributed by atoms with Gasteiger partial charge in [0.05, 0.1) is 24.0 Å². The minimum atomic E-state index is -0.334. The van der Waals surface area contributed by atoms with Crippen LogP contribution in [0, 0.1) is 0 Å². The Bertz CT molecular complexity index is 62.0. The number of hydrogen-bond acceptors (Lipinski definition) is 2. The summed E-state index contributed by atoms with van der Waals surface area (Å²) in [6.45, 7) is -0.185. The highest BCUT2D eigenvalue weighted by Crippen LogP contribution is 2.09. The van der Waals surface area contributed by atoms with Crippen molar-refractivity contribution in [3.8, 4) is 0 Å². The minimum absolute atomic E-state index is 0.0925. The molecule has 0 saturated heterocycles. The fraction of sp³-hybridized carbons (Fsp3) is 1.00. The van der Waals surface area contributed by atoms with Crippen molar-refractivity contribution in [1.29, 1.82) is 0 Å². The standard InChI is InChI=1S/C5H10Cl2O2/c6-4(2-8)1-5(7)3-9/h4-5,8-9H,1-3H2/t4-,5-/m0/s1. The Balaban J connectivity index is 3.22. The molecule has 0 bridgehead atoms. The molecule has 56 valence electrons. The Kier molecular flexibility index (Phi) is 5.59. The fourth-order valence-corrected chi connectivity index (χ4v) is 0.948. The summed E-state index contributed by atoms with van der Waals surface area (Å²) in [6.07, 6.45) is 0.441. The van der Waals surface area contributed by atoms with Gasteiger partial charge in [0.25, 0.3) is 0 Å². The predicted molar refractivity (Wildman–Crippen MR) is 38.1 cm³/mol. The summed E-state index contributed by atoms with van der Waals surface area (Å²) in [5.41, 5.74) is 0. The van der Waals surface area contributed by atoms with Crippen LogP contribution >= 0.6 is 23.2 Å². The second-order valence-electron chi connectivity index (χ2n) is 1.80. The first-order valence-electron chi connectivity index (χ1n) is 2.70. The normalized spacial score (nSPS) is 17.3. The van der Waals surface area contributed by atoms with E-state index in [1.165, 1.54) is 0 Å². The number of halogens is 2. The van der Waals surface area contributed by atoms with Gasteiger partial charge in [-0.2, -0.15) is 0 Å². The van der Waals surface area contributed by atoms with E-state index in [9.17, 15) is 0 Å². The first kappa shape index (κ1) is 9.50. The second kappa shape index (κ2) is 5.30. The lowest BCUT2D eigenvalue weighted by atomic mass is 10.2. The van der Waals surface area contributed by atoms with E-state index in [-0.39, 0.29) is 24.0 Å². The molecule has 0 amide bonds. The van der Waals surface area contributed by atoms with Crippen LogP contribution in [0.2, 0.25) is 0 Å². The van der Waals surface area contributed by atoms with E-state index in [1.807, 2.05) is 0 Å². The zero-order valence-electron chi connectivity index (χ0n) is 4.93. The molecular formula is C5H10Cl2O2. The second-order valence-corrected chi connectivity index (χ2v) is 3.03. The van der Waals surface area contributed by atoms with Crippen LogP contribution in [0.5, 0.6) is 0 Å². The molecule has 0 heterocycles. The van der Waals surface area contributed by atoms with Crippen molar-refractivity contribution in [3.05, 3.63) is 0 Å². The lowest BCUT2D eigenvalue weighted by Crippen LogP contribution is -2.14. The van der Waals surface area contributed by atoms with Gasteiger partial charge in [-0.15, -0.1) is 23.2 Å². The molecule has 0 aliphatic heterocycles. The van der Waals surface area contributed by atoms with Crippen LogP contribution in [-0.4, -0.2) is 34.2 Å². The Morgan fingerprint density at radius 1 is 1.00 bits per heavy atom. The average Bonchev–Trinajstić information content (AvgIpc) is 1.87. The summed E-state index contributed by atoms with van der Waals surface area (Å²) in [7, 11) is 0. The topological polar surface area (TPSA) is 40.5 Å². The van der Waals surface area contributed by atoms with Gasteiger partial charge in [0, 0.05) is 0 Å². The quantitative estimate of drug-likeness (QED) is 0.610. The maximum atomic E-state index is 8.41. The Morgan fingerprint density at radius 2 is 1.33 bits per heavy atom. The van der Waals surface area contributed by atoms with Crippen LogP contribution in [0.25, 0.3) is 0 Å². The third-order valence-electron chi connectivity index (χ3n) is 0.908. The maximum Gasteiger partial charge on any atom is 0.0595 e. The molecule has 0 aliphatic rings. The number of rotatable bonds is 4. The van der Waals surface area contributed by atoms with Crippen LogP contribution in [0.15, 0.2) is 0 Å². The number of alkyl halides is 2. The molecule has 0 rings (SSSR count). The Morgan fingerprint density at radius 3 is 1.56 bits per heavy atom. The summed E-state index contributed by atoms with van der Waals surface area (Å²) in [6, 6.07) is 0. The van der Waals surface area contributed by atoms with Gasteiger partial charge in [-0.05, 0) is 6.42 Å². The van der Waals surface area contributed by atoms with E-state index in [2.05, 4.69) is 0 Å². The van der Waals surface area contributed by atoms with Crippen LogP contribution in [0.4, 0.5) is 0 Å². The smallest absolute Gasteiger partial charge is 0.0595 e. The lowest BCUT2D eigenvalue weighted by molar-refractivity contribution is 0.262. The van der Waals surface area contributed by atoms with Gasteiger partial charge in [0.15, 0.2) is 0 Å². The number of aliphatic hydroxyl groups is 2. The van der Waals surface area contributed by atoms with Crippen molar-refractivity contribution in [2.75, 3.05) is 13.2 Å². The van der Waals surface area contributed by atoms with E-state index in [4.69, 9.17) is 33.4 Å². The highest BCUT2D eigenvalue weighted by Gasteiger charge is 2.09. The first-order chi connectivity index (χ1) is 4.20. The van der Waals surface area contributed by atoms with E-state index in [0.717, 1.165) is 0 Å². The molecule has 0 aromatic carbocycles. The summed E-state index contributed by atoms with van der Waals surface area (Å²) in [5, 5.41) is 16.1. The van der Waals surface area contributed by atoms with Gasteiger partial charge >= 0.3 is 0 Å². The van der Waals surface area contributed by atoms with Gasteiger partial charge in [-0.25, -0.2) is 0 Å².